The fourth-order valence-electron chi connectivity index (χ4n) is 2.46. The number of sulfonamides is 1. The highest BCUT2D eigenvalue weighted by Gasteiger charge is 2.41. The molecule has 2 rings (SSSR count). The Morgan fingerprint density at radius 1 is 1.36 bits per heavy atom. The molecule has 1 N–H and O–H groups in total. The molecule has 0 saturated carbocycles. The van der Waals surface area contributed by atoms with Crippen LogP contribution in [-0.2, 0) is 19.6 Å². The van der Waals surface area contributed by atoms with E-state index in [1.807, 2.05) is 0 Å². The van der Waals surface area contributed by atoms with Gasteiger partial charge in [-0.05, 0) is 18.6 Å². The second-order valence-corrected chi connectivity index (χ2v) is 6.90. The van der Waals surface area contributed by atoms with Crippen molar-refractivity contribution in [3.05, 3.63) is 24.3 Å². The lowest BCUT2D eigenvalue weighted by Crippen LogP contribution is -2.51. The average Bonchev–Trinajstić information content (AvgIpc) is 2.53. The minimum absolute atomic E-state index is 0.0237. The Labute approximate surface area is 129 Å². The van der Waals surface area contributed by atoms with Gasteiger partial charge in [0.15, 0.2) is 0 Å². The first-order valence-electron chi connectivity index (χ1n) is 6.82. The summed E-state index contributed by atoms with van der Waals surface area (Å²) in [6.07, 6.45) is -0.423. The lowest BCUT2D eigenvalue weighted by atomic mass is 10.0. The van der Waals surface area contributed by atoms with E-state index >= 15 is 0 Å². The molecule has 1 saturated heterocycles. The molecule has 1 heterocycles. The van der Waals surface area contributed by atoms with E-state index in [-0.39, 0.29) is 24.3 Å². The van der Waals surface area contributed by atoms with Crippen LogP contribution in [0.1, 0.15) is 12.8 Å². The third kappa shape index (κ3) is 3.23. The molecule has 0 aromatic heterocycles. The number of carbonyl (C=O) groups is 1. The van der Waals surface area contributed by atoms with Crippen LogP contribution in [0.4, 0.5) is 0 Å². The maximum atomic E-state index is 12.8. The number of rotatable bonds is 4. The Hall–Kier alpha value is -1.64. The highest BCUT2D eigenvalue weighted by Crippen LogP contribution is 2.28. The largest absolute Gasteiger partial charge is 0.497 e. The van der Waals surface area contributed by atoms with E-state index in [1.165, 1.54) is 26.4 Å². The van der Waals surface area contributed by atoms with Gasteiger partial charge in [0.05, 0.1) is 25.2 Å². The molecule has 1 fully saturated rings. The summed E-state index contributed by atoms with van der Waals surface area (Å²) in [4.78, 5) is 11.9. The summed E-state index contributed by atoms with van der Waals surface area (Å²) in [7, 11) is -1.24. The zero-order chi connectivity index (χ0) is 16.3. The average molecular weight is 329 g/mol. The Balaban J connectivity index is 2.39. The first kappa shape index (κ1) is 16.7. The van der Waals surface area contributed by atoms with Crippen LogP contribution in [0.2, 0.25) is 0 Å². The van der Waals surface area contributed by atoms with Gasteiger partial charge in [-0.2, -0.15) is 4.31 Å². The van der Waals surface area contributed by atoms with E-state index in [0.29, 0.717) is 5.75 Å². The quantitative estimate of drug-likeness (QED) is 0.803. The third-order valence-corrected chi connectivity index (χ3v) is 5.55. The molecule has 0 spiro atoms. The predicted octanol–water partition coefficient (Wildman–Crippen LogP) is 0.382. The van der Waals surface area contributed by atoms with Crippen LogP contribution >= 0.6 is 0 Å². The zero-order valence-corrected chi connectivity index (χ0v) is 13.2. The summed E-state index contributed by atoms with van der Waals surface area (Å²) in [5.74, 6) is -0.266. The van der Waals surface area contributed by atoms with Crippen LogP contribution in [0.25, 0.3) is 0 Å². The number of aliphatic hydroxyl groups is 1. The van der Waals surface area contributed by atoms with E-state index in [1.54, 1.807) is 12.1 Å². The second kappa shape index (κ2) is 6.64. The minimum atomic E-state index is -3.88. The molecule has 0 aliphatic carbocycles. The maximum absolute atomic E-state index is 12.8. The van der Waals surface area contributed by atoms with Gasteiger partial charge in [0.25, 0.3) is 0 Å². The fraction of sp³-hybridized carbons (Fsp3) is 0.500. The summed E-state index contributed by atoms with van der Waals surface area (Å²) in [6, 6.07) is 5.02. The molecule has 8 heteroatoms. The Kier molecular flexibility index (Phi) is 5.05. The van der Waals surface area contributed by atoms with Crippen molar-refractivity contribution in [3.8, 4) is 5.75 Å². The van der Waals surface area contributed by atoms with Crippen molar-refractivity contribution < 1.29 is 27.8 Å². The molecular formula is C14H19NO6S. The second-order valence-electron chi connectivity index (χ2n) is 5.01. The van der Waals surface area contributed by atoms with Gasteiger partial charge in [-0.25, -0.2) is 8.42 Å². The SMILES string of the molecule is COC(=O)[C@H]1C[C@@H](O)CCN1S(=O)(=O)c1cccc(OC)c1. The molecule has 1 aliphatic rings. The summed E-state index contributed by atoms with van der Waals surface area (Å²) in [6.45, 7) is 0.0560. The summed E-state index contributed by atoms with van der Waals surface area (Å²) < 4.78 is 36.3. The zero-order valence-electron chi connectivity index (χ0n) is 12.4. The van der Waals surface area contributed by atoms with Crippen LogP contribution in [0, 0.1) is 0 Å². The number of hydrogen-bond acceptors (Lipinski definition) is 6. The van der Waals surface area contributed by atoms with Crippen molar-refractivity contribution in [1.29, 1.82) is 0 Å². The number of hydrogen-bond donors (Lipinski definition) is 1. The Morgan fingerprint density at radius 3 is 2.73 bits per heavy atom. The van der Waals surface area contributed by atoms with Gasteiger partial charge in [0.1, 0.15) is 11.8 Å². The number of piperidine rings is 1. The van der Waals surface area contributed by atoms with Crippen molar-refractivity contribution in [2.24, 2.45) is 0 Å². The normalized spacial score (nSPS) is 23.0. The van der Waals surface area contributed by atoms with Crippen molar-refractivity contribution >= 4 is 16.0 Å². The standard InChI is InChI=1S/C14H19NO6S/c1-20-11-4-3-5-12(9-11)22(18,19)15-7-6-10(16)8-13(15)14(17)21-2/h3-5,9-10,13,16H,6-8H2,1-2H3/t10-,13+/m0/s1. The fourth-order valence-corrected chi connectivity index (χ4v) is 4.10. The number of aliphatic hydroxyl groups excluding tert-OH is 1. The highest BCUT2D eigenvalue weighted by atomic mass is 32.2. The monoisotopic (exact) mass is 329 g/mol. The molecule has 0 unspecified atom stereocenters. The molecule has 1 aromatic rings. The lowest BCUT2D eigenvalue weighted by molar-refractivity contribution is -0.147. The maximum Gasteiger partial charge on any atom is 0.324 e. The summed E-state index contributed by atoms with van der Waals surface area (Å²) in [5, 5.41) is 9.71. The van der Waals surface area contributed by atoms with Crippen LogP contribution in [0.5, 0.6) is 5.75 Å². The first-order chi connectivity index (χ1) is 10.4. The van der Waals surface area contributed by atoms with Crippen molar-refractivity contribution in [1.82, 2.24) is 4.31 Å². The molecule has 0 amide bonds. The molecule has 22 heavy (non-hydrogen) atoms. The molecule has 1 aliphatic heterocycles. The van der Waals surface area contributed by atoms with Crippen molar-refractivity contribution in [2.75, 3.05) is 20.8 Å². The van der Waals surface area contributed by atoms with E-state index in [4.69, 9.17) is 4.74 Å². The van der Waals surface area contributed by atoms with Gasteiger partial charge in [0.2, 0.25) is 10.0 Å². The lowest BCUT2D eigenvalue weighted by Gasteiger charge is -2.35. The van der Waals surface area contributed by atoms with Crippen LogP contribution in [-0.4, -0.2) is 56.7 Å². The van der Waals surface area contributed by atoms with Crippen molar-refractivity contribution in [3.63, 3.8) is 0 Å². The van der Waals surface area contributed by atoms with E-state index < -0.39 is 28.1 Å². The van der Waals surface area contributed by atoms with Crippen molar-refractivity contribution in [2.45, 2.75) is 29.9 Å². The van der Waals surface area contributed by atoms with Crippen LogP contribution < -0.4 is 4.74 Å². The molecule has 1 aromatic carbocycles. The number of nitrogens with zero attached hydrogens (tertiary/aromatic N) is 1. The van der Waals surface area contributed by atoms with Gasteiger partial charge in [-0.15, -0.1) is 0 Å². The number of carbonyl (C=O) groups excluding carboxylic acids is 1. The molecule has 0 radical (unpaired) electrons. The predicted molar refractivity (Wildman–Crippen MR) is 77.9 cm³/mol. The molecule has 2 atom stereocenters. The topological polar surface area (TPSA) is 93.1 Å². The number of methoxy groups -OCH3 is 2. The van der Waals surface area contributed by atoms with Crippen LogP contribution in [0.3, 0.4) is 0 Å². The summed E-state index contributed by atoms with van der Waals surface area (Å²) in [5.41, 5.74) is 0. The molecular weight excluding hydrogens is 310 g/mol. The molecule has 0 bridgehead atoms. The smallest absolute Gasteiger partial charge is 0.324 e. The van der Waals surface area contributed by atoms with Gasteiger partial charge in [0, 0.05) is 19.0 Å². The van der Waals surface area contributed by atoms with E-state index in [9.17, 15) is 18.3 Å². The van der Waals surface area contributed by atoms with Gasteiger partial charge in [-0.3, -0.25) is 4.79 Å². The minimum Gasteiger partial charge on any atom is -0.497 e. The Morgan fingerprint density at radius 2 is 2.09 bits per heavy atom. The third-order valence-electron chi connectivity index (χ3n) is 3.65. The van der Waals surface area contributed by atoms with E-state index in [2.05, 4.69) is 4.74 Å². The highest BCUT2D eigenvalue weighted by molar-refractivity contribution is 7.89. The summed E-state index contributed by atoms with van der Waals surface area (Å²) >= 11 is 0. The molecule has 7 nitrogen and oxygen atoms in total. The van der Waals surface area contributed by atoms with Crippen LogP contribution in [0.15, 0.2) is 29.2 Å². The molecule has 122 valence electrons. The Bertz CT molecular complexity index is 644. The first-order valence-corrected chi connectivity index (χ1v) is 8.26. The van der Waals surface area contributed by atoms with Gasteiger partial charge >= 0.3 is 5.97 Å². The van der Waals surface area contributed by atoms with Gasteiger partial charge in [-0.1, -0.05) is 6.07 Å². The van der Waals surface area contributed by atoms with E-state index in [0.717, 1.165) is 4.31 Å². The van der Waals surface area contributed by atoms with Gasteiger partial charge < -0.3 is 14.6 Å². The number of esters is 1. The number of ether oxygens (including phenoxy) is 2. The number of benzene rings is 1.